The summed E-state index contributed by atoms with van der Waals surface area (Å²) >= 11 is 0. The summed E-state index contributed by atoms with van der Waals surface area (Å²) in [7, 11) is 0. The van der Waals surface area contributed by atoms with Crippen LogP contribution in [0.1, 0.15) is 18.9 Å². The van der Waals surface area contributed by atoms with Crippen molar-refractivity contribution < 1.29 is 9.59 Å². The van der Waals surface area contributed by atoms with Crippen LogP contribution in [0.15, 0.2) is 24.3 Å². The minimum absolute atomic E-state index is 0. The summed E-state index contributed by atoms with van der Waals surface area (Å²) in [5, 5.41) is 6.03. The summed E-state index contributed by atoms with van der Waals surface area (Å²) in [6.07, 6.45) is 0.293. The van der Waals surface area contributed by atoms with E-state index in [9.17, 15) is 9.59 Å². The minimum atomic E-state index is -0.250. The number of hydrogen-bond donors (Lipinski definition) is 2. The largest absolute Gasteiger partial charge is 0.355 e. The Morgan fingerprint density at radius 1 is 1.27 bits per heavy atom. The molecule has 0 aromatic heterocycles. The average molecular weight is 326 g/mol. The Balaban J connectivity index is 0.00000242. The van der Waals surface area contributed by atoms with Crippen LogP contribution >= 0.6 is 12.4 Å². The second-order valence-electron chi connectivity index (χ2n) is 5.39. The third kappa shape index (κ3) is 4.71. The fraction of sp³-hybridized carbons (Fsp3) is 0.500. The van der Waals surface area contributed by atoms with Crippen LogP contribution in [0, 0.1) is 12.8 Å². The molecule has 5 nitrogen and oxygen atoms in total. The number of amides is 2. The Morgan fingerprint density at radius 3 is 2.59 bits per heavy atom. The van der Waals surface area contributed by atoms with E-state index in [0.717, 1.165) is 24.3 Å². The summed E-state index contributed by atoms with van der Waals surface area (Å²) < 4.78 is 0. The zero-order valence-corrected chi connectivity index (χ0v) is 13.9. The van der Waals surface area contributed by atoms with Gasteiger partial charge in [0.25, 0.3) is 0 Å². The van der Waals surface area contributed by atoms with Crippen molar-refractivity contribution >= 4 is 29.9 Å². The van der Waals surface area contributed by atoms with Gasteiger partial charge in [-0.05, 0) is 25.6 Å². The van der Waals surface area contributed by atoms with Gasteiger partial charge in [-0.25, -0.2) is 0 Å². The van der Waals surface area contributed by atoms with E-state index in [0.29, 0.717) is 19.5 Å². The molecule has 0 saturated carbocycles. The van der Waals surface area contributed by atoms with E-state index in [2.05, 4.69) is 10.6 Å². The van der Waals surface area contributed by atoms with E-state index in [1.807, 2.05) is 38.1 Å². The van der Waals surface area contributed by atoms with Crippen LogP contribution in [0.5, 0.6) is 0 Å². The van der Waals surface area contributed by atoms with Gasteiger partial charge in [0.1, 0.15) is 0 Å². The quantitative estimate of drug-likeness (QED) is 0.779. The number of anilines is 1. The van der Waals surface area contributed by atoms with E-state index in [1.54, 1.807) is 4.90 Å². The summed E-state index contributed by atoms with van der Waals surface area (Å²) in [5.41, 5.74) is 2.02. The van der Waals surface area contributed by atoms with E-state index in [-0.39, 0.29) is 30.1 Å². The summed E-state index contributed by atoms with van der Waals surface area (Å²) in [4.78, 5) is 25.9. The Labute approximate surface area is 137 Å². The summed E-state index contributed by atoms with van der Waals surface area (Å²) in [5.74, 6) is -0.262. The van der Waals surface area contributed by atoms with Gasteiger partial charge in [0.05, 0.1) is 5.92 Å². The molecular formula is C16H24ClN3O2. The molecule has 22 heavy (non-hydrogen) atoms. The Hall–Kier alpha value is -1.59. The van der Waals surface area contributed by atoms with Crippen LogP contribution in [0.3, 0.4) is 0 Å². The molecular weight excluding hydrogens is 302 g/mol. The van der Waals surface area contributed by atoms with Gasteiger partial charge in [-0.3, -0.25) is 9.59 Å². The van der Waals surface area contributed by atoms with Crippen molar-refractivity contribution in [3.63, 3.8) is 0 Å². The number of likely N-dealkylation sites (N-methyl/N-ethyl adjacent to an activating group) is 1. The third-order valence-corrected chi connectivity index (χ3v) is 3.69. The third-order valence-electron chi connectivity index (χ3n) is 3.69. The number of hydrogen-bond acceptors (Lipinski definition) is 3. The number of nitrogens with one attached hydrogen (secondary N) is 2. The molecule has 1 aliphatic heterocycles. The molecule has 2 amide bonds. The molecule has 122 valence electrons. The molecule has 2 N–H and O–H groups in total. The maximum absolute atomic E-state index is 12.1. The van der Waals surface area contributed by atoms with E-state index in [1.165, 1.54) is 0 Å². The molecule has 6 heteroatoms. The molecule has 1 unspecified atom stereocenters. The van der Waals surface area contributed by atoms with Crippen molar-refractivity contribution in [2.24, 2.45) is 5.92 Å². The molecule has 0 bridgehead atoms. The smallest absolute Gasteiger partial charge is 0.227 e. The molecule has 1 heterocycles. The van der Waals surface area contributed by atoms with Crippen molar-refractivity contribution in [3.05, 3.63) is 29.8 Å². The van der Waals surface area contributed by atoms with Gasteiger partial charge in [-0.15, -0.1) is 12.4 Å². The lowest BCUT2D eigenvalue weighted by molar-refractivity contribution is -0.126. The van der Waals surface area contributed by atoms with E-state index in [4.69, 9.17) is 0 Å². The highest BCUT2D eigenvalue weighted by molar-refractivity contribution is 6.00. The van der Waals surface area contributed by atoms with E-state index >= 15 is 0 Å². The maximum atomic E-state index is 12.1. The first-order chi connectivity index (χ1) is 10.1. The molecule has 0 aliphatic carbocycles. The van der Waals surface area contributed by atoms with Gasteiger partial charge in [0, 0.05) is 31.7 Å². The van der Waals surface area contributed by atoms with Crippen LogP contribution in [0.4, 0.5) is 5.69 Å². The van der Waals surface area contributed by atoms with Crippen LogP contribution in [0.2, 0.25) is 0 Å². The Morgan fingerprint density at radius 2 is 1.95 bits per heavy atom. The highest BCUT2D eigenvalue weighted by atomic mass is 35.5. The predicted octanol–water partition coefficient (Wildman–Crippen LogP) is 1.50. The molecule has 1 aliphatic rings. The Bertz CT molecular complexity index is 505. The summed E-state index contributed by atoms with van der Waals surface area (Å²) in [6, 6.07) is 7.82. The van der Waals surface area contributed by atoms with Gasteiger partial charge in [-0.2, -0.15) is 0 Å². The highest BCUT2D eigenvalue weighted by Gasteiger charge is 2.34. The number of aryl methyl sites for hydroxylation is 1. The van der Waals surface area contributed by atoms with Gasteiger partial charge in [0.15, 0.2) is 0 Å². The number of carbonyl (C=O) groups excluding carboxylic acids is 2. The monoisotopic (exact) mass is 325 g/mol. The first-order valence-electron chi connectivity index (χ1n) is 7.47. The van der Waals surface area contributed by atoms with E-state index < -0.39 is 0 Å². The van der Waals surface area contributed by atoms with Gasteiger partial charge < -0.3 is 15.5 Å². The van der Waals surface area contributed by atoms with Gasteiger partial charge in [-0.1, -0.05) is 24.6 Å². The summed E-state index contributed by atoms with van der Waals surface area (Å²) in [6.45, 7) is 6.74. The predicted molar refractivity (Wildman–Crippen MR) is 90.4 cm³/mol. The van der Waals surface area contributed by atoms with Gasteiger partial charge in [0.2, 0.25) is 11.8 Å². The van der Waals surface area contributed by atoms with Crippen LogP contribution in [0.25, 0.3) is 0 Å². The number of halogens is 1. The topological polar surface area (TPSA) is 61.4 Å². The van der Waals surface area contributed by atoms with Crippen LogP contribution in [-0.4, -0.2) is 38.0 Å². The van der Waals surface area contributed by atoms with Crippen molar-refractivity contribution in [3.8, 4) is 0 Å². The first kappa shape index (κ1) is 18.5. The van der Waals surface area contributed by atoms with Gasteiger partial charge >= 0.3 is 0 Å². The lowest BCUT2D eigenvalue weighted by atomic mass is 10.1. The number of benzene rings is 1. The number of rotatable bonds is 6. The molecule has 1 atom stereocenters. The minimum Gasteiger partial charge on any atom is -0.355 e. The Kier molecular flexibility index (Phi) is 7.35. The molecule has 0 spiro atoms. The molecule has 2 rings (SSSR count). The molecule has 1 aromatic carbocycles. The lowest BCUT2D eigenvalue weighted by Gasteiger charge is -2.17. The van der Waals surface area contributed by atoms with Crippen LogP contribution < -0.4 is 15.5 Å². The number of carbonyl (C=O) groups is 2. The second kappa shape index (κ2) is 8.76. The SMILES string of the molecule is CCNCCNC(=O)C1CC(=O)N(c2ccc(C)cc2)C1.Cl. The normalized spacial score (nSPS) is 17.3. The maximum Gasteiger partial charge on any atom is 0.227 e. The lowest BCUT2D eigenvalue weighted by Crippen LogP contribution is -2.37. The van der Waals surface area contributed by atoms with Crippen molar-refractivity contribution in [2.45, 2.75) is 20.3 Å². The molecule has 0 radical (unpaired) electrons. The average Bonchev–Trinajstić information content (AvgIpc) is 2.86. The molecule has 1 fully saturated rings. The van der Waals surface area contributed by atoms with Crippen LogP contribution in [-0.2, 0) is 9.59 Å². The zero-order valence-electron chi connectivity index (χ0n) is 13.1. The second-order valence-corrected chi connectivity index (χ2v) is 5.39. The first-order valence-corrected chi connectivity index (χ1v) is 7.47. The fourth-order valence-corrected chi connectivity index (χ4v) is 2.45. The standard InChI is InChI=1S/C16H23N3O2.ClH/c1-3-17-8-9-18-16(21)13-10-15(20)19(11-13)14-6-4-12(2)5-7-14;/h4-7,13,17H,3,8-11H2,1-2H3,(H,18,21);1H. The molecule has 1 aromatic rings. The highest BCUT2D eigenvalue weighted by Crippen LogP contribution is 2.25. The fourth-order valence-electron chi connectivity index (χ4n) is 2.45. The molecule has 1 saturated heterocycles. The van der Waals surface area contributed by atoms with Crippen molar-refractivity contribution in [2.75, 3.05) is 31.1 Å². The number of nitrogens with zero attached hydrogens (tertiary/aromatic N) is 1. The van der Waals surface area contributed by atoms with Crippen molar-refractivity contribution in [1.29, 1.82) is 0 Å². The van der Waals surface area contributed by atoms with Crippen molar-refractivity contribution in [1.82, 2.24) is 10.6 Å². The zero-order chi connectivity index (χ0) is 15.2.